The number of aromatic hydroxyl groups is 2. The maximum Gasteiger partial charge on any atom is 0.341 e. The average Bonchev–Trinajstić information content (AvgIpc) is 1.97. The molecule has 0 saturated carbocycles. The number of anilines is 1. The maximum absolute atomic E-state index is 10.4. The third kappa shape index (κ3) is 1.12. The Hall–Kier alpha value is -1.91. The van der Waals surface area contributed by atoms with Gasteiger partial charge in [0.15, 0.2) is 11.5 Å². The number of hydrogen-bond acceptors (Lipinski definition) is 4. The van der Waals surface area contributed by atoms with Crippen LogP contribution in [0, 0.1) is 0 Å². The Morgan fingerprint density at radius 3 is 2.33 bits per heavy atom. The van der Waals surface area contributed by atoms with Crippen LogP contribution in [0.1, 0.15) is 10.4 Å². The highest BCUT2D eigenvalue weighted by atomic mass is 16.4. The van der Waals surface area contributed by atoms with Crippen LogP contribution in [-0.4, -0.2) is 21.3 Å². The Labute approximate surface area is 67.7 Å². The van der Waals surface area contributed by atoms with Crippen LogP contribution in [0.5, 0.6) is 11.5 Å². The number of carboxylic acid groups (broad SMARTS) is 1. The summed E-state index contributed by atoms with van der Waals surface area (Å²) in [5.74, 6) is -2.58. The zero-order chi connectivity index (χ0) is 9.30. The Kier molecular flexibility index (Phi) is 1.78. The van der Waals surface area contributed by atoms with Crippen LogP contribution in [-0.2, 0) is 0 Å². The molecular formula is C7H7NO4. The first kappa shape index (κ1) is 8.19. The van der Waals surface area contributed by atoms with Crippen LogP contribution in [0.3, 0.4) is 0 Å². The summed E-state index contributed by atoms with van der Waals surface area (Å²) in [6, 6.07) is 2.33. The summed E-state index contributed by atoms with van der Waals surface area (Å²) in [6.07, 6.45) is 0. The third-order valence-electron chi connectivity index (χ3n) is 1.40. The van der Waals surface area contributed by atoms with E-state index in [4.69, 9.17) is 21.1 Å². The second kappa shape index (κ2) is 2.61. The van der Waals surface area contributed by atoms with Gasteiger partial charge in [0, 0.05) is 0 Å². The lowest BCUT2D eigenvalue weighted by molar-refractivity contribution is 0.0694. The fraction of sp³-hybridized carbons (Fsp3) is 0. The number of phenolic OH excluding ortho intramolecular Hbond substituents is 1. The monoisotopic (exact) mass is 169 g/mol. The summed E-state index contributed by atoms with van der Waals surface area (Å²) in [6.45, 7) is 0. The molecule has 5 nitrogen and oxygen atoms in total. The highest BCUT2D eigenvalue weighted by Crippen LogP contribution is 2.32. The van der Waals surface area contributed by atoms with E-state index in [0.29, 0.717) is 0 Å². The summed E-state index contributed by atoms with van der Waals surface area (Å²) in [7, 11) is 0. The van der Waals surface area contributed by atoms with Crippen LogP contribution >= 0.6 is 0 Å². The van der Waals surface area contributed by atoms with Crippen molar-refractivity contribution in [2.24, 2.45) is 0 Å². The van der Waals surface area contributed by atoms with Gasteiger partial charge in [-0.05, 0) is 12.1 Å². The summed E-state index contributed by atoms with van der Waals surface area (Å²) in [4.78, 5) is 10.4. The topological polar surface area (TPSA) is 104 Å². The first-order valence-electron chi connectivity index (χ1n) is 3.07. The zero-order valence-corrected chi connectivity index (χ0v) is 5.98. The largest absolute Gasteiger partial charge is 0.504 e. The zero-order valence-electron chi connectivity index (χ0n) is 5.98. The molecule has 0 amide bonds. The first-order valence-corrected chi connectivity index (χ1v) is 3.07. The predicted molar refractivity (Wildman–Crippen MR) is 41.1 cm³/mol. The number of carbonyl (C=O) groups is 1. The number of rotatable bonds is 1. The van der Waals surface area contributed by atoms with Crippen molar-refractivity contribution >= 4 is 11.7 Å². The fourth-order valence-electron chi connectivity index (χ4n) is 0.821. The minimum absolute atomic E-state index is 0.0854. The molecular weight excluding hydrogens is 162 g/mol. The molecule has 0 atom stereocenters. The Balaban J connectivity index is 3.43. The van der Waals surface area contributed by atoms with E-state index in [0.717, 1.165) is 6.07 Å². The SMILES string of the molecule is Nc1ccc(O)c(O)c1C(=O)O. The van der Waals surface area contributed by atoms with Crippen molar-refractivity contribution in [3.63, 3.8) is 0 Å². The van der Waals surface area contributed by atoms with E-state index in [2.05, 4.69) is 0 Å². The van der Waals surface area contributed by atoms with E-state index in [1.165, 1.54) is 6.07 Å². The van der Waals surface area contributed by atoms with Gasteiger partial charge in [-0.15, -0.1) is 0 Å². The molecule has 0 radical (unpaired) electrons. The quantitative estimate of drug-likeness (QED) is 0.276. The van der Waals surface area contributed by atoms with E-state index in [1.807, 2.05) is 0 Å². The number of carboxylic acids is 1. The lowest BCUT2D eigenvalue weighted by Crippen LogP contribution is -2.02. The van der Waals surface area contributed by atoms with Crippen molar-refractivity contribution in [2.45, 2.75) is 0 Å². The Morgan fingerprint density at radius 1 is 1.33 bits per heavy atom. The molecule has 12 heavy (non-hydrogen) atoms. The summed E-state index contributed by atoms with van der Waals surface area (Å²) < 4.78 is 0. The molecule has 0 saturated heterocycles. The molecule has 0 aromatic heterocycles. The van der Waals surface area contributed by atoms with Gasteiger partial charge in [0.2, 0.25) is 0 Å². The van der Waals surface area contributed by atoms with Gasteiger partial charge in [-0.2, -0.15) is 0 Å². The Morgan fingerprint density at radius 2 is 1.92 bits per heavy atom. The van der Waals surface area contributed by atoms with Crippen molar-refractivity contribution in [3.8, 4) is 11.5 Å². The second-order valence-electron chi connectivity index (χ2n) is 2.20. The van der Waals surface area contributed by atoms with Gasteiger partial charge >= 0.3 is 5.97 Å². The lowest BCUT2D eigenvalue weighted by Gasteiger charge is -2.04. The van der Waals surface area contributed by atoms with Crippen LogP contribution < -0.4 is 5.73 Å². The van der Waals surface area contributed by atoms with Gasteiger partial charge in [0.25, 0.3) is 0 Å². The molecule has 1 aromatic carbocycles. The minimum Gasteiger partial charge on any atom is -0.504 e. The lowest BCUT2D eigenvalue weighted by atomic mass is 10.1. The van der Waals surface area contributed by atoms with E-state index < -0.39 is 23.0 Å². The van der Waals surface area contributed by atoms with Crippen LogP contribution in [0.2, 0.25) is 0 Å². The number of aromatic carboxylic acids is 1. The second-order valence-corrected chi connectivity index (χ2v) is 2.20. The minimum atomic E-state index is -1.37. The van der Waals surface area contributed by atoms with Crippen molar-refractivity contribution in [2.75, 3.05) is 5.73 Å². The van der Waals surface area contributed by atoms with Gasteiger partial charge in [0.05, 0.1) is 5.69 Å². The molecule has 5 heteroatoms. The highest BCUT2D eigenvalue weighted by Gasteiger charge is 2.16. The normalized spacial score (nSPS) is 9.67. The van der Waals surface area contributed by atoms with Crippen LogP contribution in [0.15, 0.2) is 12.1 Å². The standard InChI is InChI=1S/C7H7NO4/c8-3-1-2-4(9)6(10)5(3)7(11)12/h1-2,9-10H,8H2,(H,11,12). The van der Waals surface area contributed by atoms with Crippen molar-refractivity contribution in [1.29, 1.82) is 0 Å². The van der Waals surface area contributed by atoms with Gasteiger partial charge < -0.3 is 21.1 Å². The predicted octanol–water partition coefficient (Wildman–Crippen LogP) is 0.378. The molecule has 0 aliphatic heterocycles. The van der Waals surface area contributed by atoms with Crippen molar-refractivity contribution in [1.82, 2.24) is 0 Å². The van der Waals surface area contributed by atoms with Crippen LogP contribution in [0.4, 0.5) is 5.69 Å². The number of benzene rings is 1. The highest BCUT2D eigenvalue weighted by molar-refractivity contribution is 5.97. The van der Waals surface area contributed by atoms with Crippen molar-refractivity contribution < 1.29 is 20.1 Å². The molecule has 1 rings (SSSR count). The van der Waals surface area contributed by atoms with Gasteiger partial charge in [-0.1, -0.05) is 0 Å². The molecule has 0 aliphatic carbocycles. The molecule has 1 aromatic rings. The molecule has 0 spiro atoms. The molecule has 0 aliphatic rings. The molecule has 64 valence electrons. The van der Waals surface area contributed by atoms with E-state index in [-0.39, 0.29) is 5.69 Å². The average molecular weight is 169 g/mol. The van der Waals surface area contributed by atoms with Gasteiger partial charge in [0.1, 0.15) is 5.56 Å². The Bertz CT molecular complexity index is 334. The maximum atomic E-state index is 10.4. The van der Waals surface area contributed by atoms with E-state index >= 15 is 0 Å². The smallest absolute Gasteiger partial charge is 0.341 e. The van der Waals surface area contributed by atoms with Crippen LogP contribution in [0.25, 0.3) is 0 Å². The number of hydrogen-bond donors (Lipinski definition) is 4. The number of nitrogen functional groups attached to an aromatic ring is 1. The molecule has 0 fully saturated rings. The molecule has 0 bridgehead atoms. The number of phenols is 2. The van der Waals surface area contributed by atoms with E-state index in [9.17, 15) is 4.79 Å². The summed E-state index contributed by atoms with van der Waals surface area (Å²) >= 11 is 0. The molecule has 5 N–H and O–H groups in total. The molecule has 0 heterocycles. The van der Waals surface area contributed by atoms with Crippen molar-refractivity contribution in [3.05, 3.63) is 17.7 Å². The third-order valence-corrected chi connectivity index (χ3v) is 1.40. The molecule has 0 unspecified atom stereocenters. The summed E-state index contributed by atoms with van der Waals surface area (Å²) in [5, 5.41) is 26.5. The van der Waals surface area contributed by atoms with Gasteiger partial charge in [-0.25, -0.2) is 4.79 Å². The fourth-order valence-corrected chi connectivity index (χ4v) is 0.821. The summed E-state index contributed by atoms with van der Waals surface area (Å²) in [5.41, 5.74) is 4.68. The van der Waals surface area contributed by atoms with E-state index in [1.54, 1.807) is 0 Å². The first-order chi connectivity index (χ1) is 5.54. The number of nitrogens with two attached hydrogens (primary N) is 1. The van der Waals surface area contributed by atoms with Gasteiger partial charge in [-0.3, -0.25) is 0 Å².